The third-order valence-corrected chi connectivity index (χ3v) is 10.8. The maximum atomic E-state index is 12.6. The van der Waals surface area contributed by atoms with Crippen molar-refractivity contribution in [2.75, 3.05) is 52.6 Å². The molecule has 3 N–H and O–H groups in total. The zero-order chi connectivity index (χ0) is 31.7. The molecule has 0 aromatic carbocycles. The molecule has 0 unspecified atom stereocenters. The second-order valence-electron chi connectivity index (χ2n) is 14.0. The first-order valence-electron chi connectivity index (χ1n) is 16.7. The Morgan fingerprint density at radius 3 is 2.27 bits per heavy atom. The van der Waals surface area contributed by atoms with E-state index in [1.807, 2.05) is 4.90 Å². The Kier molecular flexibility index (Phi) is 12.6. The lowest BCUT2D eigenvalue weighted by molar-refractivity contribution is -0.150. The van der Waals surface area contributed by atoms with Crippen molar-refractivity contribution in [1.29, 1.82) is 0 Å². The number of nitrogens with two attached hydrogens (primary N) is 1. The van der Waals surface area contributed by atoms with Gasteiger partial charge in [-0.25, -0.2) is 0 Å². The Hall–Kier alpha value is -2.08. The minimum Gasteiger partial charge on any atom is -0.396 e. The van der Waals surface area contributed by atoms with Crippen LogP contribution in [0.5, 0.6) is 0 Å². The van der Waals surface area contributed by atoms with Crippen molar-refractivity contribution in [3.8, 4) is 0 Å². The largest absolute Gasteiger partial charge is 0.396 e. The molecule has 3 amide bonds. The Labute approximate surface area is 268 Å². The van der Waals surface area contributed by atoms with E-state index in [1.54, 1.807) is 16.6 Å². The predicted octanol–water partition coefficient (Wildman–Crippen LogP) is 4.36. The molecule has 250 valence electrons. The molecule has 2 atom stereocenters. The number of carbonyl (C=O) groups excluding carboxylic acids is 3. The summed E-state index contributed by atoms with van der Waals surface area (Å²) in [4.78, 5) is 45.1. The second-order valence-corrected chi connectivity index (χ2v) is 14.9. The van der Waals surface area contributed by atoms with E-state index < -0.39 is 11.8 Å². The number of thiazole rings is 1. The van der Waals surface area contributed by atoms with Crippen LogP contribution >= 0.6 is 11.3 Å². The van der Waals surface area contributed by atoms with Gasteiger partial charge in [0, 0.05) is 65.4 Å². The van der Waals surface area contributed by atoms with Gasteiger partial charge >= 0.3 is 0 Å². The summed E-state index contributed by atoms with van der Waals surface area (Å²) in [6, 6.07) is 0. The molecule has 2 aliphatic carbocycles. The summed E-state index contributed by atoms with van der Waals surface area (Å²) in [7, 11) is 0. The molecule has 0 radical (unpaired) electrons. The maximum absolute atomic E-state index is 12.6. The van der Waals surface area contributed by atoms with Crippen LogP contribution in [0.25, 0.3) is 0 Å². The zero-order valence-corrected chi connectivity index (χ0v) is 27.8. The number of aromatic nitrogens is 1. The van der Waals surface area contributed by atoms with E-state index in [4.69, 9.17) is 20.3 Å². The first-order valence-corrected chi connectivity index (χ1v) is 17.5. The standard InChI is InChI=1S/C17H22N4O3S.C9H18O2.C7H14O.H2/c1-16(2)3-10(16)14(23)21-7-17(8-21)6-20(5-11(17)13(18)22)15(24)12-4-19-9-25-12;1-2-3-6-11-9-4-7-10-8-5-9;8-6-7-4-2-1-3-5-7;/h4,9-11H,3,5-8H2,1-2H3,(H2,18,22);9H,2-8H2,1H3;7-8H,1-6H2;1H/t10-,11+;;;/m1.../s1. The molecule has 3 saturated heterocycles. The number of aliphatic hydroxyl groups excluding tert-OH is 1. The van der Waals surface area contributed by atoms with Crippen LogP contribution < -0.4 is 5.73 Å². The lowest BCUT2D eigenvalue weighted by Gasteiger charge is -2.50. The van der Waals surface area contributed by atoms with Gasteiger partial charge in [0.1, 0.15) is 4.88 Å². The SMILES string of the molecule is CC1(C)C[C@@H]1C(=O)N1CC2(CN(C(=O)c3cncs3)C[C@H]2C(N)=O)C1.CCCCOC1CCOCC1.OCC1CCCCC1.[HH]. The minimum absolute atomic E-state index is 0. The van der Waals surface area contributed by atoms with Crippen LogP contribution in [0.1, 0.15) is 96.1 Å². The summed E-state index contributed by atoms with van der Waals surface area (Å²) in [5.74, 6) is 0.000792. The van der Waals surface area contributed by atoms with Crippen LogP contribution in [0.2, 0.25) is 0 Å². The third-order valence-electron chi connectivity index (χ3n) is 10.1. The van der Waals surface area contributed by atoms with E-state index in [-0.39, 0.29) is 30.0 Å². The Morgan fingerprint density at radius 1 is 1.09 bits per heavy atom. The van der Waals surface area contributed by atoms with Gasteiger partial charge in [0.15, 0.2) is 0 Å². The fraction of sp³-hybridized carbons (Fsp3) is 0.818. The quantitative estimate of drug-likeness (QED) is 0.405. The summed E-state index contributed by atoms with van der Waals surface area (Å²) in [6.07, 6.45) is 14.1. The number of ether oxygens (including phenoxy) is 2. The Morgan fingerprint density at radius 2 is 1.75 bits per heavy atom. The highest BCUT2D eigenvalue weighted by molar-refractivity contribution is 7.11. The summed E-state index contributed by atoms with van der Waals surface area (Å²) < 4.78 is 10.9. The van der Waals surface area contributed by atoms with Crippen LogP contribution in [0, 0.1) is 28.6 Å². The number of carbonyl (C=O) groups is 3. The van der Waals surface area contributed by atoms with Crippen molar-refractivity contribution in [2.45, 2.75) is 91.1 Å². The summed E-state index contributed by atoms with van der Waals surface area (Å²) in [5, 5.41) is 8.69. The minimum atomic E-state index is -0.402. The number of aliphatic hydroxyl groups is 1. The molecular formula is C33H56N4O6S. The topological polar surface area (TPSA) is 135 Å². The highest BCUT2D eigenvalue weighted by Crippen LogP contribution is 2.54. The van der Waals surface area contributed by atoms with Gasteiger partial charge in [0.25, 0.3) is 5.91 Å². The first-order chi connectivity index (χ1) is 21.1. The number of amides is 3. The summed E-state index contributed by atoms with van der Waals surface area (Å²) >= 11 is 1.29. The van der Waals surface area contributed by atoms with Gasteiger partial charge in [0.05, 0.1) is 23.7 Å². The summed E-state index contributed by atoms with van der Waals surface area (Å²) in [6.45, 7) is 11.3. The van der Waals surface area contributed by atoms with E-state index >= 15 is 0 Å². The average molecular weight is 637 g/mol. The van der Waals surface area contributed by atoms with Crippen LogP contribution in [0.15, 0.2) is 11.7 Å². The zero-order valence-electron chi connectivity index (χ0n) is 27.0. The monoisotopic (exact) mass is 636 g/mol. The molecule has 1 spiro atoms. The lowest BCUT2D eigenvalue weighted by atomic mass is 9.71. The molecule has 44 heavy (non-hydrogen) atoms. The molecule has 3 aliphatic heterocycles. The van der Waals surface area contributed by atoms with Gasteiger partial charge in [-0.1, -0.05) is 46.5 Å². The van der Waals surface area contributed by atoms with Crippen molar-refractivity contribution in [3.05, 3.63) is 16.6 Å². The number of unbranched alkanes of at least 4 members (excludes halogenated alkanes) is 1. The van der Waals surface area contributed by atoms with Crippen LogP contribution in [0.4, 0.5) is 0 Å². The molecule has 10 nitrogen and oxygen atoms in total. The first kappa shape index (κ1) is 34.8. The number of rotatable bonds is 8. The lowest BCUT2D eigenvalue weighted by Crippen LogP contribution is -2.64. The van der Waals surface area contributed by atoms with Crippen LogP contribution in [-0.4, -0.2) is 96.3 Å². The smallest absolute Gasteiger partial charge is 0.265 e. The molecule has 5 fully saturated rings. The van der Waals surface area contributed by atoms with Gasteiger partial charge in [-0.3, -0.25) is 19.4 Å². The van der Waals surface area contributed by atoms with Gasteiger partial charge in [-0.05, 0) is 49.9 Å². The van der Waals surface area contributed by atoms with Crippen molar-refractivity contribution < 1.29 is 30.4 Å². The van der Waals surface area contributed by atoms with Crippen molar-refractivity contribution >= 4 is 29.1 Å². The second kappa shape index (κ2) is 16.0. The fourth-order valence-corrected chi connectivity index (χ4v) is 7.49. The number of hydrogen-bond donors (Lipinski definition) is 2. The fourth-order valence-electron chi connectivity index (χ4n) is 6.90. The van der Waals surface area contributed by atoms with Crippen molar-refractivity contribution in [2.24, 2.45) is 34.3 Å². The molecule has 1 aromatic rings. The predicted molar refractivity (Wildman–Crippen MR) is 172 cm³/mol. The number of primary amides is 1. The highest BCUT2D eigenvalue weighted by Gasteiger charge is 2.61. The molecule has 4 heterocycles. The van der Waals surface area contributed by atoms with E-state index in [2.05, 4.69) is 25.8 Å². The molecule has 5 aliphatic rings. The van der Waals surface area contributed by atoms with E-state index in [0.717, 1.165) is 39.1 Å². The van der Waals surface area contributed by atoms with Gasteiger partial charge in [-0.15, -0.1) is 11.3 Å². The van der Waals surface area contributed by atoms with Crippen molar-refractivity contribution in [3.63, 3.8) is 0 Å². The average Bonchev–Trinajstić information content (AvgIpc) is 3.37. The normalized spacial score (nSPS) is 25.7. The molecule has 0 bridgehead atoms. The van der Waals surface area contributed by atoms with Gasteiger partial charge < -0.3 is 30.1 Å². The van der Waals surface area contributed by atoms with Gasteiger partial charge in [0.2, 0.25) is 11.8 Å². The van der Waals surface area contributed by atoms with E-state index in [0.29, 0.717) is 49.7 Å². The molecule has 2 saturated carbocycles. The molecule has 11 heteroatoms. The van der Waals surface area contributed by atoms with E-state index in [1.165, 1.54) is 56.3 Å². The number of hydrogen-bond acceptors (Lipinski definition) is 8. The maximum Gasteiger partial charge on any atom is 0.265 e. The molecule has 1 aromatic heterocycles. The third kappa shape index (κ3) is 9.01. The van der Waals surface area contributed by atoms with Gasteiger partial charge in [-0.2, -0.15) is 0 Å². The molecule has 6 rings (SSSR count). The van der Waals surface area contributed by atoms with Crippen LogP contribution in [-0.2, 0) is 19.1 Å². The van der Waals surface area contributed by atoms with Crippen molar-refractivity contribution in [1.82, 2.24) is 14.8 Å². The van der Waals surface area contributed by atoms with Crippen LogP contribution in [0.3, 0.4) is 0 Å². The number of likely N-dealkylation sites (tertiary alicyclic amines) is 2. The molecular weight excluding hydrogens is 580 g/mol. The Bertz CT molecular complexity index is 1070. The highest BCUT2D eigenvalue weighted by atomic mass is 32.1. The number of nitrogens with zero attached hydrogens (tertiary/aromatic N) is 3. The Balaban J connectivity index is 0.000000228. The summed E-state index contributed by atoms with van der Waals surface area (Å²) in [5.41, 5.74) is 6.93. The van der Waals surface area contributed by atoms with E-state index in [9.17, 15) is 14.4 Å².